The van der Waals surface area contributed by atoms with Crippen molar-refractivity contribution in [2.24, 2.45) is 5.41 Å². The normalized spacial score (nSPS) is 11.5. The minimum absolute atomic E-state index is 0.00391. The summed E-state index contributed by atoms with van der Waals surface area (Å²) in [5.41, 5.74) is 1.19. The van der Waals surface area contributed by atoms with Crippen molar-refractivity contribution >= 4 is 46.4 Å². The van der Waals surface area contributed by atoms with Crippen molar-refractivity contribution in [3.8, 4) is 0 Å². The third-order valence-electron chi connectivity index (χ3n) is 3.63. The van der Waals surface area contributed by atoms with Gasteiger partial charge in [0.2, 0.25) is 0 Å². The summed E-state index contributed by atoms with van der Waals surface area (Å²) in [4.78, 5) is 16.8. The molecule has 1 amide bonds. The molecule has 3 rings (SSSR count). The summed E-state index contributed by atoms with van der Waals surface area (Å²) in [6.07, 6.45) is 1.77. The van der Waals surface area contributed by atoms with Gasteiger partial charge in [-0.25, -0.2) is 0 Å². The Balaban J connectivity index is 2.00. The fraction of sp³-hybridized carbons (Fsp3) is 0.200. The Bertz CT molecular complexity index is 870. The van der Waals surface area contributed by atoms with Gasteiger partial charge < -0.3 is 0 Å². The van der Waals surface area contributed by atoms with Crippen LogP contribution < -0.4 is 14.2 Å². The van der Waals surface area contributed by atoms with E-state index in [9.17, 15) is 4.79 Å². The molecule has 2 aromatic carbocycles. The molecule has 0 radical (unpaired) electrons. The first kappa shape index (κ1) is 16.7. The Morgan fingerprint density at radius 2 is 1.75 bits per heavy atom. The molecule has 0 bridgehead atoms. The van der Waals surface area contributed by atoms with Crippen LogP contribution in [0.1, 0.15) is 20.8 Å². The van der Waals surface area contributed by atoms with E-state index >= 15 is 0 Å². The zero-order valence-corrected chi connectivity index (χ0v) is 15.8. The molecule has 0 saturated heterocycles. The first-order valence-corrected chi connectivity index (χ1v) is 9.58. The molecule has 0 atom stereocenters. The maximum absolute atomic E-state index is 12.3. The number of anilines is 1. The van der Waals surface area contributed by atoms with E-state index in [1.54, 1.807) is 6.20 Å². The van der Waals surface area contributed by atoms with E-state index in [0.717, 1.165) is 16.6 Å². The van der Waals surface area contributed by atoms with Crippen molar-refractivity contribution < 1.29 is 4.79 Å². The number of aromatic nitrogens is 1. The second-order valence-corrected chi connectivity index (χ2v) is 8.97. The van der Waals surface area contributed by atoms with Crippen LogP contribution in [-0.2, 0) is 4.79 Å². The second-order valence-electron chi connectivity index (χ2n) is 6.63. The molecule has 0 spiro atoms. The van der Waals surface area contributed by atoms with E-state index in [1.165, 1.54) is 8.92 Å². The molecule has 1 N–H and O–H groups in total. The average molecular weight is 383 g/mol. The van der Waals surface area contributed by atoms with Crippen LogP contribution in [0.2, 0.25) is 0 Å². The number of amides is 1. The predicted molar refractivity (Wildman–Crippen MR) is 101 cm³/mol. The number of benzene rings is 2. The zero-order chi connectivity index (χ0) is 17.2. The van der Waals surface area contributed by atoms with Gasteiger partial charge in [-0.1, -0.05) is 0 Å². The molecule has 0 aliphatic heterocycles. The van der Waals surface area contributed by atoms with Gasteiger partial charge in [-0.05, 0) is 0 Å². The van der Waals surface area contributed by atoms with Crippen LogP contribution in [0.4, 0.5) is 5.69 Å². The SMILES string of the molecule is CC(C)(C)C(=O)Nc1ccc([Se]c2ccccc2)c2cccnc12. The van der Waals surface area contributed by atoms with Crippen LogP contribution in [0.15, 0.2) is 60.8 Å². The molecular weight excluding hydrogens is 363 g/mol. The first-order chi connectivity index (χ1) is 11.4. The quantitative estimate of drug-likeness (QED) is 0.707. The van der Waals surface area contributed by atoms with Crippen LogP contribution >= 0.6 is 0 Å². The van der Waals surface area contributed by atoms with Gasteiger partial charge in [0.15, 0.2) is 0 Å². The number of nitrogens with zero attached hydrogens (tertiary/aromatic N) is 1. The van der Waals surface area contributed by atoms with Gasteiger partial charge in [0, 0.05) is 0 Å². The summed E-state index contributed by atoms with van der Waals surface area (Å²) in [5.74, 6) is -0.00391. The van der Waals surface area contributed by atoms with Gasteiger partial charge in [-0.2, -0.15) is 0 Å². The molecule has 3 nitrogen and oxygen atoms in total. The molecule has 0 aliphatic carbocycles. The van der Waals surface area contributed by atoms with E-state index < -0.39 is 5.41 Å². The van der Waals surface area contributed by atoms with Crippen LogP contribution in [0, 0.1) is 5.41 Å². The molecular formula is C20H20N2OSe. The van der Waals surface area contributed by atoms with Crippen molar-refractivity contribution in [3.05, 3.63) is 60.8 Å². The van der Waals surface area contributed by atoms with Gasteiger partial charge in [0.05, 0.1) is 0 Å². The molecule has 0 saturated carbocycles. The number of nitrogens with one attached hydrogen (secondary N) is 1. The Morgan fingerprint density at radius 3 is 2.46 bits per heavy atom. The Hall–Kier alpha value is -2.16. The zero-order valence-electron chi connectivity index (χ0n) is 14.0. The van der Waals surface area contributed by atoms with Gasteiger partial charge in [0.25, 0.3) is 0 Å². The standard InChI is InChI=1S/C20H20N2OSe/c1-20(2,3)19(23)22-16-11-12-17(15-10-7-13-21-18(15)16)24-14-8-5-4-6-9-14/h4-13H,1-3H3,(H,22,23). The third kappa shape index (κ3) is 3.66. The summed E-state index contributed by atoms with van der Waals surface area (Å²) >= 11 is 0.203. The van der Waals surface area contributed by atoms with Crippen molar-refractivity contribution in [1.82, 2.24) is 4.98 Å². The molecule has 122 valence electrons. The van der Waals surface area contributed by atoms with Crippen molar-refractivity contribution in [2.75, 3.05) is 5.32 Å². The van der Waals surface area contributed by atoms with Crippen molar-refractivity contribution in [1.29, 1.82) is 0 Å². The van der Waals surface area contributed by atoms with Crippen LogP contribution in [0.5, 0.6) is 0 Å². The van der Waals surface area contributed by atoms with E-state index in [-0.39, 0.29) is 20.9 Å². The number of pyridine rings is 1. The number of carbonyl (C=O) groups is 1. The predicted octanol–water partition coefficient (Wildman–Crippen LogP) is 2.87. The van der Waals surface area contributed by atoms with Gasteiger partial charge in [0.1, 0.15) is 0 Å². The van der Waals surface area contributed by atoms with E-state index in [1.807, 2.05) is 39.0 Å². The topological polar surface area (TPSA) is 42.0 Å². The van der Waals surface area contributed by atoms with Crippen molar-refractivity contribution in [3.63, 3.8) is 0 Å². The number of rotatable bonds is 3. The third-order valence-corrected chi connectivity index (χ3v) is 5.90. The Morgan fingerprint density at radius 1 is 1.00 bits per heavy atom. The second kappa shape index (κ2) is 6.76. The molecule has 0 aliphatic rings. The monoisotopic (exact) mass is 384 g/mol. The van der Waals surface area contributed by atoms with Gasteiger partial charge in [-0.15, -0.1) is 0 Å². The summed E-state index contributed by atoms with van der Waals surface area (Å²) in [6.45, 7) is 5.72. The summed E-state index contributed by atoms with van der Waals surface area (Å²) in [7, 11) is 0. The fourth-order valence-electron chi connectivity index (χ4n) is 2.26. The minimum atomic E-state index is -0.437. The number of fused-ring (bicyclic) bond motifs is 1. The molecule has 0 unspecified atom stereocenters. The molecule has 24 heavy (non-hydrogen) atoms. The van der Waals surface area contributed by atoms with E-state index in [2.05, 4.69) is 46.7 Å². The van der Waals surface area contributed by atoms with Gasteiger partial charge >= 0.3 is 148 Å². The summed E-state index contributed by atoms with van der Waals surface area (Å²) in [6, 6.07) is 18.6. The first-order valence-electron chi connectivity index (χ1n) is 7.87. The molecule has 0 fully saturated rings. The molecule has 1 heterocycles. The van der Waals surface area contributed by atoms with E-state index in [4.69, 9.17) is 0 Å². The Kier molecular flexibility index (Phi) is 4.70. The summed E-state index contributed by atoms with van der Waals surface area (Å²) in [5, 5.41) is 4.13. The van der Waals surface area contributed by atoms with Crippen LogP contribution in [-0.4, -0.2) is 25.8 Å². The Labute approximate surface area is 148 Å². The number of carbonyl (C=O) groups excluding carboxylic acids is 1. The van der Waals surface area contributed by atoms with Crippen LogP contribution in [0.25, 0.3) is 10.9 Å². The number of hydrogen-bond acceptors (Lipinski definition) is 2. The molecule has 3 aromatic rings. The molecule has 4 heteroatoms. The average Bonchev–Trinajstić information content (AvgIpc) is 2.57. The molecule has 1 aromatic heterocycles. The number of hydrogen-bond donors (Lipinski definition) is 1. The van der Waals surface area contributed by atoms with Gasteiger partial charge in [-0.3, -0.25) is 0 Å². The van der Waals surface area contributed by atoms with E-state index in [0.29, 0.717) is 0 Å². The summed E-state index contributed by atoms with van der Waals surface area (Å²) < 4.78 is 2.59. The maximum atomic E-state index is 12.3. The fourth-order valence-corrected chi connectivity index (χ4v) is 4.27. The van der Waals surface area contributed by atoms with Crippen LogP contribution in [0.3, 0.4) is 0 Å². The van der Waals surface area contributed by atoms with Crippen molar-refractivity contribution in [2.45, 2.75) is 20.8 Å².